The van der Waals surface area contributed by atoms with E-state index in [0.717, 1.165) is 24.3 Å². The molecule has 0 spiro atoms. The van der Waals surface area contributed by atoms with E-state index in [1.807, 2.05) is 32.0 Å². The van der Waals surface area contributed by atoms with Crippen LogP contribution in [-0.4, -0.2) is 18.5 Å². The van der Waals surface area contributed by atoms with Gasteiger partial charge in [0.15, 0.2) is 0 Å². The number of carbonyl (C=O) groups excluding carboxylic acids is 1. The molecule has 3 N–H and O–H groups in total. The van der Waals surface area contributed by atoms with Crippen LogP contribution in [0.5, 0.6) is 0 Å². The van der Waals surface area contributed by atoms with E-state index in [-0.39, 0.29) is 17.2 Å². The summed E-state index contributed by atoms with van der Waals surface area (Å²) in [5.74, 6) is 0.156. The van der Waals surface area contributed by atoms with Gasteiger partial charge in [-0.25, -0.2) is 0 Å². The first-order valence-electron chi connectivity index (χ1n) is 7.28. The molecule has 0 radical (unpaired) electrons. The summed E-state index contributed by atoms with van der Waals surface area (Å²) in [6.07, 6.45) is 3.09. The lowest BCUT2D eigenvalue weighted by molar-refractivity contribution is -0.123. The van der Waals surface area contributed by atoms with Gasteiger partial charge in [-0.05, 0) is 36.5 Å². The minimum absolute atomic E-state index is 0.0485. The molecule has 2 atom stereocenters. The third-order valence-corrected chi connectivity index (χ3v) is 4.69. The Hall–Kier alpha value is -1.06. The van der Waals surface area contributed by atoms with Gasteiger partial charge in [0.2, 0.25) is 5.91 Å². The summed E-state index contributed by atoms with van der Waals surface area (Å²) in [4.78, 5) is 12.1. The lowest BCUT2D eigenvalue weighted by atomic mass is 9.95. The Balaban J connectivity index is 1.95. The van der Waals surface area contributed by atoms with Crippen molar-refractivity contribution in [1.29, 1.82) is 0 Å². The first kappa shape index (κ1) is 15.3. The first-order valence-corrected chi connectivity index (χ1v) is 7.65. The first-order chi connectivity index (χ1) is 9.48. The summed E-state index contributed by atoms with van der Waals surface area (Å²) in [5.41, 5.74) is 7.23. The van der Waals surface area contributed by atoms with Gasteiger partial charge >= 0.3 is 0 Å². The number of nitrogens with two attached hydrogens (primary N) is 1. The molecule has 4 heteroatoms. The van der Waals surface area contributed by atoms with Crippen LogP contribution < -0.4 is 11.1 Å². The van der Waals surface area contributed by atoms with Crippen LogP contribution in [0.1, 0.15) is 38.7 Å². The topological polar surface area (TPSA) is 55.1 Å². The van der Waals surface area contributed by atoms with Crippen LogP contribution in [0.25, 0.3) is 0 Å². The second-order valence-corrected chi connectivity index (χ2v) is 6.36. The second kappa shape index (κ2) is 6.15. The van der Waals surface area contributed by atoms with Crippen molar-refractivity contribution in [2.75, 3.05) is 6.54 Å². The third kappa shape index (κ3) is 3.33. The molecule has 1 aromatic rings. The highest BCUT2D eigenvalue weighted by Crippen LogP contribution is 2.48. The average Bonchev–Trinajstić information content (AvgIpc) is 3.24. The van der Waals surface area contributed by atoms with Crippen molar-refractivity contribution in [3.05, 3.63) is 34.9 Å². The van der Waals surface area contributed by atoms with Crippen molar-refractivity contribution < 1.29 is 4.79 Å². The van der Waals surface area contributed by atoms with E-state index in [1.165, 1.54) is 5.56 Å². The summed E-state index contributed by atoms with van der Waals surface area (Å²) in [5, 5.41) is 3.76. The fourth-order valence-corrected chi connectivity index (χ4v) is 2.61. The molecule has 0 heterocycles. The number of halogens is 1. The molecule has 1 fully saturated rings. The quantitative estimate of drug-likeness (QED) is 0.847. The van der Waals surface area contributed by atoms with Crippen LogP contribution in [0.4, 0.5) is 0 Å². The highest BCUT2D eigenvalue weighted by atomic mass is 35.5. The molecule has 0 saturated heterocycles. The molecule has 2 unspecified atom stereocenters. The average molecular weight is 295 g/mol. The van der Waals surface area contributed by atoms with Crippen LogP contribution in [0.15, 0.2) is 24.3 Å². The molecule has 0 aromatic heterocycles. The molecule has 1 amide bonds. The van der Waals surface area contributed by atoms with Gasteiger partial charge in [0.25, 0.3) is 0 Å². The number of carbonyl (C=O) groups is 1. The number of hydrogen-bond donors (Lipinski definition) is 2. The molecule has 3 nitrogen and oxygen atoms in total. The predicted molar refractivity (Wildman–Crippen MR) is 82.8 cm³/mol. The molecule has 20 heavy (non-hydrogen) atoms. The van der Waals surface area contributed by atoms with E-state index in [9.17, 15) is 4.79 Å². The maximum Gasteiger partial charge on any atom is 0.237 e. The molecule has 110 valence electrons. The van der Waals surface area contributed by atoms with Crippen molar-refractivity contribution in [1.82, 2.24) is 5.32 Å². The fourth-order valence-electron chi connectivity index (χ4n) is 2.42. The molecule has 1 aromatic carbocycles. The largest absolute Gasteiger partial charge is 0.354 e. The van der Waals surface area contributed by atoms with E-state index < -0.39 is 6.04 Å². The van der Waals surface area contributed by atoms with Gasteiger partial charge in [0.1, 0.15) is 0 Å². The van der Waals surface area contributed by atoms with Crippen LogP contribution in [0.3, 0.4) is 0 Å². The Bertz CT molecular complexity index is 485. The SMILES string of the molecule is CCC(C)C(N)C(=O)NCC1(c2cccc(Cl)c2)CC1. The van der Waals surface area contributed by atoms with Crippen LogP contribution in [0, 0.1) is 5.92 Å². The van der Waals surface area contributed by atoms with Gasteiger partial charge in [-0.1, -0.05) is 44.0 Å². The minimum Gasteiger partial charge on any atom is -0.354 e. The van der Waals surface area contributed by atoms with Crippen molar-refractivity contribution in [2.24, 2.45) is 11.7 Å². The number of rotatable bonds is 6. The molecule has 1 aliphatic carbocycles. The van der Waals surface area contributed by atoms with E-state index in [1.54, 1.807) is 0 Å². The highest BCUT2D eigenvalue weighted by Gasteiger charge is 2.44. The number of amides is 1. The number of hydrogen-bond acceptors (Lipinski definition) is 2. The lowest BCUT2D eigenvalue weighted by Gasteiger charge is -2.21. The van der Waals surface area contributed by atoms with Gasteiger partial charge in [-0.3, -0.25) is 4.79 Å². The molecule has 2 rings (SSSR count). The molecule has 0 bridgehead atoms. The summed E-state index contributed by atoms with van der Waals surface area (Å²) in [7, 11) is 0. The minimum atomic E-state index is -0.421. The Morgan fingerprint density at radius 3 is 2.75 bits per heavy atom. The number of nitrogens with one attached hydrogen (secondary N) is 1. The summed E-state index contributed by atoms with van der Waals surface area (Å²) in [6.45, 7) is 4.70. The lowest BCUT2D eigenvalue weighted by Crippen LogP contribution is -2.46. The van der Waals surface area contributed by atoms with E-state index in [2.05, 4.69) is 11.4 Å². The van der Waals surface area contributed by atoms with Crippen molar-refractivity contribution in [3.8, 4) is 0 Å². The van der Waals surface area contributed by atoms with Gasteiger partial charge in [-0.15, -0.1) is 0 Å². The van der Waals surface area contributed by atoms with Crippen molar-refractivity contribution in [2.45, 2.75) is 44.6 Å². The van der Waals surface area contributed by atoms with Crippen LogP contribution >= 0.6 is 11.6 Å². The molecule has 1 saturated carbocycles. The van der Waals surface area contributed by atoms with Gasteiger partial charge < -0.3 is 11.1 Å². The second-order valence-electron chi connectivity index (χ2n) is 5.92. The highest BCUT2D eigenvalue weighted by molar-refractivity contribution is 6.30. The summed E-state index contributed by atoms with van der Waals surface area (Å²) >= 11 is 6.04. The van der Waals surface area contributed by atoms with Crippen molar-refractivity contribution in [3.63, 3.8) is 0 Å². The Morgan fingerprint density at radius 2 is 2.20 bits per heavy atom. The third-order valence-electron chi connectivity index (χ3n) is 4.45. The van der Waals surface area contributed by atoms with E-state index >= 15 is 0 Å². The Kier molecular flexibility index (Phi) is 4.71. The Morgan fingerprint density at radius 1 is 1.50 bits per heavy atom. The van der Waals surface area contributed by atoms with Crippen molar-refractivity contribution >= 4 is 17.5 Å². The molecule has 1 aliphatic rings. The number of benzene rings is 1. The van der Waals surface area contributed by atoms with Gasteiger partial charge in [0.05, 0.1) is 6.04 Å². The molecular weight excluding hydrogens is 272 g/mol. The maximum atomic E-state index is 12.1. The van der Waals surface area contributed by atoms with Crippen LogP contribution in [-0.2, 0) is 10.2 Å². The Labute approximate surface area is 125 Å². The van der Waals surface area contributed by atoms with E-state index in [0.29, 0.717) is 6.54 Å². The van der Waals surface area contributed by atoms with Crippen LogP contribution in [0.2, 0.25) is 5.02 Å². The van der Waals surface area contributed by atoms with Gasteiger partial charge in [0, 0.05) is 17.0 Å². The summed E-state index contributed by atoms with van der Waals surface area (Å²) in [6, 6.07) is 7.49. The fraction of sp³-hybridized carbons (Fsp3) is 0.562. The molecular formula is C16H23ClN2O. The predicted octanol–water partition coefficient (Wildman–Crippen LogP) is 2.86. The monoisotopic (exact) mass is 294 g/mol. The van der Waals surface area contributed by atoms with E-state index in [4.69, 9.17) is 17.3 Å². The smallest absolute Gasteiger partial charge is 0.237 e. The molecule has 0 aliphatic heterocycles. The zero-order valence-corrected chi connectivity index (χ0v) is 12.9. The normalized spacial score (nSPS) is 19.2. The zero-order chi connectivity index (χ0) is 14.8. The summed E-state index contributed by atoms with van der Waals surface area (Å²) < 4.78 is 0. The maximum absolute atomic E-state index is 12.1. The zero-order valence-electron chi connectivity index (χ0n) is 12.2. The standard InChI is InChI=1S/C16H23ClN2O/c1-3-11(2)14(18)15(20)19-10-16(7-8-16)12-5-4-6-13(17)9-12/h4-6,9,11,14H,3,7-8,10,18H2,1-2H3,(H,19,20). The van der Waals surface area contributed by atoms with Gasteiger partial charge in [-0.2, -0.15) is 0 Å².